The molecule has 0 fully saturated rings. The van der Waals surface area contributed by atoms with Crippen LogP contribution in [0, 0.1) is 10.1 Å². The summed E-state index contributed by atoms with van der Waals surface area (Å²) in [5.74, 6) is 0.400. The molecule has 7 nitrogen and oxygen atoms in total. The molecule has 1 amide bonds. The third kappa shape index (κ3) is 3.88. The average Bonchev–Trinajstić information content (AvgIpc) is 2.51. The first-order valence-electron chi connectivity index (χ1n) is 7.06. The van der Waals surface area contributed by atoms with Gasteiger partial charge in [-0.2, -0.15) is 0 Å². The quantitative estimate of drug-likeness (QED) is 0.470. The molecule has 1 N–H and O–H groups in total. The Labute approximate surface area is 136 Å². The largest absolute Gasteiger partial charge is 0.486 e. The van der Waals surface area contributed by atoms with Gasteiger partial charge in [0.25, 0.3) is 5.69 Å². The lowest BCUT2D eigenvalue weighted by molar-refractivity contribution is -0.384. The van der Waals surface area contributed by atoms with Gasteiger partial charge in [0, 0.05) is 6.07 Å². The molecule has 8 heteroatoms. The van der Waals surface area contributed by atoms with Crippen LogP contribution >= 0.6 is 15.9 Å². The number of alkyl halides is 1. The molecule has 1 heterocycles. The normalized spacial score (nSPS) is 14.3. The van der Waals surface area contributed by atoms with Gasteiger partial charge in [0.05, 0.1) is 15.8 Å². The summed E-state index contributed by atoms with van der Waals surface area (Å²) in [4.78, 5) is 22.3. The number of nitro benzene ring substituents is 1. The number of unbranched alkanes of at least 4 members (excludes halogenated alkanes) is 1. The molecule has 0 spiro atoms. The van der Waals surface area contributed by atoms with E-state index in [0.29, 0.717) is 31.1 Å². The summed E-state index contributed by atoms with van der Waals surface area (Å²) in [6, 6.07) is 2.71. The highest BCUT2D eigenvalue weighted by Crippen LogP contribution is 2.39. The van der Waals surface area contributed by atoms with Crippen LogP contribution in [0.2, 0.25) is 0 Å². The summed E-state index contributed by atoms with van der Waals surface area (Å²) < 4.78 is 10.7. The molecule has 0 saturated heterocycles. The molecule has 1 aliphatic heterocycles. The maximum atomic E-state index is 12.1. The Kier molecular flexibility index (Phi) is 5.59. The fraction of sp³-hybridized carbons (Fsp3) is 0.500. The standard InChI is InChI=1S/C14H17BrN2O5/c1-2-3-4-9(15)14(18)16-10-7-12-13(22-6-5-21-12)8-11(10)17(19)20/h7-9H,2-6H2,1H3,(H,16,18)/t9-/m0/s1. The number of fused-ring (bicyclic) bond motifs is 1. The minimum Gasteiger partial charge on any atom is -0.486 e. The van der Waals surface area contributed by atoms with Gasteiger partial charge >= 0.3 is 0 Å². The molecule has 0 bridgehead atoms. The van der Waals surface area contributed by atoms with Gasteiger partial charge in [0.1, 0.15) is 18.9 Å². The summed E-state index contributed by atoms with van der Waals surface area (Å²) in [5.41, 5.74) is -0.104. The van der Waals surface area contributed by atoms with E-state index >= 15 is 0 Å². The zero-order chi connectivity index (χ0) is 16.1. The van der Waals surface area contributed by atoms with Crippen LogP contribution in [-0.4, -0.2) is 28.9 Å². The third-order valence-electron chi connectivity index (χ3n) is 3.21. The second-order valence-electron chi connectivity index (χ2n) is 4.87. The Morgan fingerprint density at radius 1 is 1.41 bits per heavy atom. The second kappa shape index (κ2) is 7.44. The van der Waals surface area contributed by atoms with Crippen molar-refractivity contribution >= 4 is 33.2 Å². The molecular weight excluding hydrogens is 356 g/mol. The van der Waals surface area contributed by atoms with E-state index in [4.69, 9.17) is 9.47 Å². The summed E-state index contributed by atoms with van der Waals surface area (Å²) in [5, 5.41) is 13.8. The van der Waals surface area contributed by atoms with Crippen molar-refractivity contribution in [1.82, 2.24) is 0 Å². The number of rotatable bonds is 6. The highest BCUT2D eigenvalue weighted by Gasteiger charge is 2.25. The van der Waals surface area contributed by atoms with Gasteiger partial charge in [-0.15, -0.1) is 0 Å². The van der Waals surface area contributed by atoms with E-state index < -0.39 is 4.92 Å². The Morgan fingerprint density at radius 2 is 2.05 bits per heavy atom. The van der Waals surface area contributed by atoms with Crippen molar-refractivity contribution in [2.75, 3.05) is 18.5 Å². The fourth-order valence-corrected chi connectivity index (χ4v) is 2.49. The lowest BCUT2D eigenvalue weighted by Gasteiger charge is -2.19. The lowest BCUT2D eigenvalue weighted by Crippen LogP contribution is -2.23. The molecule has 1 aromatic rings. The van der Waals surface area contributed by atoms with Crippen LogP contribution in [0.4, 0.5) is 11.4 Å². The van der Waals surface area contributed by atoms with E-state index in [2.05, 4.69) is 21.2 Å². The van der Waals surface area contributed by atoms with Gasteiger partial charge in [-0.1, -0.05) is 35.7 Å². The number of carbonyl (C=O) groups excluding carboxylic acids is 1. The predicted molar refractivity (Wildman–Crippen MR) is 85.0 cm³/mol. The minimum atomic E-state index is -0.552. The van der Waals surface area contributed by atoms with Crippen LogP contribution in [0.15, 0.2) is 12.1 Å². The van der Waals surface area contributed by atoms with Crippen LogP contribution in [0.3, 0.4) is 0 Å². The van der Waals surface area contributed by atoms with E-state index in [1.54, 1.807) is 0 Å². The fourth-order valence-electron chi connectivity index (χ4n) is 2.05. The third-order valence-corrected chi connectivity index (χ3v) is 4.08. The molecule has 22 heavy (non-hydrogen) atoms. The Morgan fingerprint density at radius 3 is 2.64 bits per heavy atom. The summed E-state index contributed by atoms with van der Waals surface area (Å²) >= 11 is 3.30. The van der Waals surface area contributed by atoms with E-state index in [1.165, 1.54) is 12.1 Å². The molecule has 0 radical (unpaired) electrons. The summed E-state index contributed by atoms with van der Waals surface area (Å²) in [6.07, 6.45) is 2.53. The van der Waals surface area contributed by atoms with Crippen molar-refractivity contribution in [2.24, 2.45) is 0 Å². The second-order valence-corrected chi connectivity index (χ2v) is 5.97. The van der Waals surface area contributed by atoms with E-state index in [-0.39, 0.29) is 22.1 Å². The van der Waals surface area contributed by atoms with Crippen molar-refractivity contribution in [3.8, 4) is 11.5 Å². The number of anilines is 1. The molecule has 0 unspecified atom stereocenters. The number of ether oxygens (including phenoxy) is 2. The summed E-state index contributed by atoms with van der Waals surface area (Å²) in [7, 11) is 0. The van der Waals surface area contributed by atoms with Crippen molar-refractivity contribution < 1.29 is 19.2 Å². The lowest BCUT2D eigenvalue weighted by atomic mass is 10.2. The maximum Gasteiger partial charge on any atom is 0.296 e. The van der Waals surface area contributed by atoms with Gasteiger partial charge in [-0.3, -0.25) is 14.9 Å². The Hall–Kier alpha value is -1.83. The summed E-state index contributed by atoms with van der Waals surface area (Å²) in [6.45, 7) is 2.75. The maximum absolute atomic E-state index is 12.1. The number of halogens is 1. The number of nitrogens with one attached hydrogen (secondary N) is 1. The van der Waals surface area contributed by atoms with Gasteiger partial charge in [0.2, 0.25) is 5.91 Å². The number of hydrogen-bond donors (Lipinski definition) is 1. The SMILES string of the molecule is CCCC[C@H](Br)C(=O)Nc1cc2c(cc1[N+](=O)[O-])OCCO2. The molecular formula is C14H17BrN2O5. The van der Waals surface area contributed by atoms with E-state index in [9.17, 15) is 14.9 Å². The first-order valence-corrected chi connectivity index (χ1v) is 7.97. The van der Waals surface area contributed by atoms with Gasteiger partial charge in [0.15, 0.2) is 11.5 Å². The number of hydrogen-bond acceptors (Lipinski definition) is 5. The van der Waals surface area contributed by atoms with E-state index in [1.807, 2.05) is 6.92 Å². The number of nitrogens with zero attached hydrogens (tertiary/aromatic N) is 1. The average molecular weight is 373 g/mol. The minimum absolute atomic E-state index is 0.111. The molecule has 1 aliphatic rings. The van der Waals surface area contributed by atoms with Crippen LogP contribution in [0.1, 0.15) is 26.2 Å². The number of benzene rings is 1. The predicted octanol–water partition coefficient (Wildman–Crippen LogP) is 3.26. The van der Waals surface area contributed by atoms with Crippen molar-refractivity contribution in [3.63, 3.8) is 0 Å². The van der Waals surface area contributed by atoms with Crippen molar-refractivity contribution in [3.05, 3.63) is 22.2 Å². The smallest absolute Gasteiger partial charge is 0.296 e. The van der Waals surface area contributed by atoms with Crippen LogP contribution in [0.25, 0.3) is 0 Å². The van der Waals surface area contributed by atoms with Crippen LogP contribution in [0.5, 0.6) is 11.5 Å². The topological polar surface area (TPSA) is 90.7 Å². The van der Waals surface area contributed by atoms with Crippen molar-refractivity contribution in [1.29, 1.82) is 0 Å². The molecule has 2 rings (SSSR count). The Balaban J connectivity index is 2.21. The molecule has 120 valence electrons. The Bertz CT molecular complexity index is 579. The zero-order valence-corrected chi connectivity index (χ0v) is 13.7. The highest BCUT2D eigenvalue weighted by atomic mass is 79.9. The highest BCUT2D eigenvalue weighted by molar-refractivity contribution is 9.10. The molecule has 0 aromatic heterocycles. The molecule has 1 aromatic carbocycles. The molecule has 1 atom stereocenters. The molecule has 0 aliphatic carbocycles. The van der Waals surface area contributed by atoms with E-state index in [0.717, 1.165) is 12.8 Å². The van der Waals surface area contributed by atoms with Crippen molar-refractivity contribution in [2.45, 2.75) is 31.0 Å². The van der Waals surface area contributed by atoms with Gasteiger partial charge in [-0.25, -0.2) is 0 Å². The number of carbonyl (C=O) groups is 1. The monoisotopic (exact) mass is 372 g/mol. The van der Waals surface area contributed by atoms with Gasteiger partial charge in [-0.05, 0) is 6.42 Å². The first-order chi connectivity index (χ1) is 10.5. The van der Waals surface area contributed by atoms with Gasteiger partial charge < -0.3 is 14.8 Å². The zero-order valence-electron chi connectivity index (χ0n) is 12.1. The van der Waals surface area contributed by atoms with Crippen LogP contribution in [-0.2, 0) is 4.79 Å². The number of amides is 1. The first kappa shape index (κ1) is 16.5. The van der Waals surface area contributed by atoms with Crippen LogP contribution < -0.4 is 14.8 Å². The molecule has 0 saturated carbocycles. The number of nitro groups is 1.